The lowest BCUT2D eigenvalue weighted by molar-refractivity contribution is 0.0248. The van der Waals surface area contributed by atoms with E-state index in [0.29, 0.717) is 39.7 Å². The Bertz CT molecular complexity index is 1170. The smallest absolute Gasteiger partial charge is 0.446 e. The molecule has 0 amide bonds. The van der Waals surface area contributed by atoms with Crippen LogP contribution in [0.5, 0.6) is 28.7 Å². The number of hydrogen-bond donors (Lipinski definition) is 2. The minimum atomic E-state index is -4.75. The van der Waals surface area contributed by atoms with Crippen molar-refractivity contribution in [2.24, 2.45) is 0 Å². The fourth-order valence-corrected chi connectivity index (χ4v) is 3.18. The Morgan fingerprint density at radius 3 is 2.48 bits per heavy atom. The van der Waals surface area contributed by atoms with Gasteiger partial charge in [0.15, 0.2) is 23.0 Å². The van der Waals surface area contributed by atoms with Crippen molar-refractivity contribution in [2.45, 2.75) is 0 Å². The number of hydrogen-bond acceptors (Lipinski definition) is 10. The summed E-state index contributed by atoms with van der Waals surface area (Å²) in [5.74, 6) is 1.42. The monoisotopic (exact) mass is 422 g/mol. The van der Waals surface area contributed by atoms with E-state index in [4.69, 9.17) is 28.2 Å². The van der Waals surface area contributed by atoms with Gasteiger partial charge in [-0.2, -0.15) is 8.42 Å². The molecular formula is C17H14N2O9S. The second-order valence-corrected chi connectivity index (χ2v) is 6.76. The van der Waals surface area contributed by atoms with Crippen LogP contribution in [0.3, 0.4) is 0 Å². The Morgan fingerprint density at radius 1 is 1.00 bits per heavy atom. The van der Waals surface area contributed by atoms with Gasteiger partial charge in [0.2, 0.25) is 11.5 Å². The molecule has 1 aliphatic heterocycles. The first-order valence-corrected chi connectivity index (χ1v) is 9.37. The molecule has 0 bridgehead atoms. The largest absolute Gasteiger partial charge is 0.493 e. The van der Waals surface area contributed by atoms with Gasteiger partial charge in [-0.3, -0.25) is 4.55 Å². The summed E-state index contributed by atoms with van der Waals surface area (Å²) in [4.78, 5) is 10.3. The molecule has 0 spiro atoms. The molecular weight excluding hydrogens is 408 g/mol. The second kappa shape index (κ2) is 7.16. The molecule has 0 saturated carbocycles. The van der Waals surface area contributed by atoms with Crippen molar-refractivity contribution in [1.29, 1.82) is 0 Å². The van der Waals surface area contributed by atoms with Crippen molar-refractivity contribution in [2.75, 3.05) is 14.2 Å². The molecule has 2 heterocycles. The van der Waals surface area contributed by atoms with E-state index in [9.17, 15) is 8.42 Å². The molecule has 0 radical (unpaired) electrons. The standard InChI is InChI=1S/C17H14N2O9S/c1-23-12-4-3-9(5-13(12)28-29(20,21)22)11-8-18-26-16(11)10-6-14(24-2)17-15(7-10)25-19-27-17/h3-8,19H,1-2H3,(H,20,21,22). The van der Waals surface area contributed by atoms with Gasteiger partial charge >= 0.3 is 10.4 Å². The summed E-state index contributed by atoms with van der Waals surface area (Å²) in [6.45, 7) is 0. The first kappa shape index (κ1) is 18.9. The summed E-state index contributed by atoms with van der Waals surface area (Å²) in [7, 11) is -1.93. The van der Waals surface area contributed by atoms with Crippen LogP contribution in [0.25, 0.3) is 22.5 Å². The number of aromatic nitrogens is 1. The van der Waals surface area contributed by atoms with Crippen LogP contribution < -0.4 is 29.0 Å². The maximum atomic E-state index is 11.1. The van der Waals surface area contributed by atoms with Crippen molar-refractivity contribution in [3.8, 4) is 51.2 Å². The molecule has 0 aliphatic carbocycles. The van der Waals surface area contributed by atoms with Gasteiger partial charge in [0, 0.05) is 16.8 Å². The van der Waals surface area contributed by atoms with E-state index in [1.165, 1.54) is 32.5 Å². The normalized spacial score (nSPS) is 12.7. The number of ether oxygens (including phenoxy) is 2. The number of fused-ring (bicyclic) bond motifs is 1. The van der Waals surface area contributed by atoms with Crippen LogP contribution in [0.2, 0.25) is 0 Å². The molecule has 0 atom stereocenters. The van der Waals surface area contributed by atoms with E-state index < -0.39 is 10.4 Å². The Morgan fingerprint density at radius 2 is 1.76 bits per heavy atom. The summed E-state index contributed by atoms with van der Waals surface area (Å²) < 4.78 is 51.6. The molecule has 1 aliphatic rings. The minimum Gasteiger partial charge on any atom is -0.493 e. The molecule has 29 heavy (non-hydrogen) atoms. The summed E-state index contributed by atoms with van der Waals surface area (Å²) in [6, 6.07) is 7.82. The summed E-state index contributed by atoms with van der Waals surface area (Å²) in [5.41, 5.74) is 3.86. The number of nitrogens with one attached hydrogen (secondary N) is 1. The van der Waals surface area contributed by atoms with Crippen LogP contribution in [0.1, 0.15) is 0 Å². The molecule has 1 aromatic heterocycles. The molecule has 4 rings (SSSR count). The van der Waals surface area contributed by atoms with Gasteiger partial charge in [0.25, 0.3) is 0 Å². The highest BCUT2D eigenvalue weighted by Crippen LogP contribution is 2.45. The van der Waals surface area contributed by atoms with Crippen LogP contribution in [-0.4, -0.2) is 32.3 Å². The van der Waals surface area contributed by atoms with Crippen molar-refractivity contribution < 1.29 is 40.8 Å². The van der Waals surface area contributed by atoms with Crippen molar-refractivity contribution in [1.82, 2.24) is 10.8 Å². The highest BCUT2D eigenvalue weighted by molar-refractivity contribution is 7.81. The number of methoxy groups -OCH3 is 2. The van der Waals surface area contributed by atoms with Gasteiger partial charge in [-0.25, -0.2) is 0 Å². The zero-order valence-corrected chi connectivity index (χ0v) is 15.8. The Kier molecular flexibility index (Phi) is 4.66. The average Bonchev–Trinajstić information content (AvgIpc) is 3.35. The molecule has 11 nitrogen and oxygen atoms in total. The Hall–Kier alpha value is -3.48. The lowest BCUT2D eigenvalue weighted by Gasteiger charge is -2.10. The number of benzene rings is 2. The summed E-state index contributed by atoms with van der Waals surface area (Å²) >= 11 is 0. The first-order valence-electron chi connectivity index (χ1n) is 8.00. The lowest BCUT2D eigenvalue weighted by atomic mass is 10.0. The van der Waals surface area contributed by atoms with Gasteiger partial charge in [-0.15, -0.1) is 0 Å². The van der Waals surface area contributed by atoms with Gasteiger partial charge in [0.05, 0.1) is 20.4 Å². The van der Waals surface area contributed by atoms with E-state index in [1.807, 2.05) is 0 Å². The third kappa shape index (κ3) is 3.63. The van der Waals surface area contributed by atoms with Crippen molar-refractivity contribution in [3.63, 3.8) is 0 Å². The maximum absolute atomic E-state index is 11.1. The van der Waals surface area contributed by atoms with Gasteiger partial charge in [-0.05, 0) is 29.8 Å². The number of nitrogens with zero attached hydrogens (tertiary/aromatic N) is 1. The summed E-state index contributed by atoms with van der Waals surface area (Å²) in [5, 5.41) is 3.83. The van der Waals surface area contributed by atoms with E-state index in [2.05, 4.69) is 15.0 Å². The van der Waals surface area contributed by atoms with Crippen LogP contribution in [-0.2, 0) is 10.4 Å². The quantitative estimate of drug-likeness (QED) is 0.566. The van der Waals surface area contributed by atoms with Gasteiger partial charge < -0.3 is 27.9 Å². The third-order valence-electron chi connectivity index (χ3n) is 4.04. The van der Waals surface area contributed by atoms with Crippen LogP contribution in [0.15, 0.2) is 41.1 Å². The van der Waals surface area contributed by atoms with E-state index in [1.54, 1.807) is 18.2 Å². The predicted octanol–water partition coefficient (Wildman–Crippen LogP) is 2.40. The molecule has 12 heteroatoms. The first-order chi connectivity index (χ1) is 13.9. The molecule has 0 fully saturated rings. The number of rotatable bonds is 6. The SMILES string of the molecule is COc1ccc(-c2cnoc2-c2cc(OC)c3c(c2)ONO3)cc1OS(=O)(=O)O. The van der Waals surface area contributed by atoms with Crippen LogP contribution in [0, 0.1) is 0 Å². The zero-order valence-electron chi connectivity index (χ0n) is 15.0. The van der Waals surface area contributed by atoms with E-state index >= 15 is 0 Å². The third-order valence-corrected chi connectivity index (χ3v) is 4.43. The average molecular weight is 422 g/mol. The predicted molar refractivity (Wildman–Crippen MR) is 97.0 cm³/mol. The molecule has 152 valence electrons. The minimum absolute atomic E-state index is 0.111. The molecule has 0 unspecified atom stereocenters. The van der Waals surface area contributed by atoms with Crippen LogP contribution in [0.4, 0.5) is 0 Å². The highest BCUT2D eigenvalue weighted by atomic mass is 32.3. The highest BCUT2D eigenvalue weighted by Gasteiger charge is 2.25. The molecule has 2 aromatic carbocycles. The van der Waals surface area contributed by atoms with E-state index in [-0.39, 0.29) is 11.5 Å². The molecule has 2 N–H and O–H groups in total. The Balaban J connectivity index is 1.81. The second-order valence-electron chi connectivity index (χ2n) is 5.74. The zero-order chi connectivity index (χ0) is 20.6. The van der Waals surface area contributed by atoms with Gasteiger partial charge in [-0.1, -0.05) is 11.2 Å². The molecule has 0 saturated heterocycles. The fraction of sp³-hybridized carbons (Fsp3) is 0.118. The lowest BCUT2D eigenvalue weighted by Crippen LogP contribution is -2.14. The molecule has 3 aromatic rings. The topological polar surface area (TPSA) is 139 Å². The Labute approximate surface area is 164 Å². The van der Waals surface area contributed by atoms with Crippen molar-refractivity contribution in [3.05, 3.63) is 36.5 Å². The maximum Gasteiger partial charge on any atom is 0.446 e. The van der Waals surface area contributed by atoms with Gasteiger partial charge in [0.1, 0.15) is 0 Å². The van der Waals surface area contributed by atoms with E-state index in [0.717, 1.165) is 0 Å². The fourth-order valence-electron chi connectivity index (χ4n) is 2.82. The summed E-state index contributed by atoms with van der Waals surface area (Å²) in [6.07, 6.45) is 1.45. The van der Waals surface area contributed by atoms with Crippen LogP contribution >= 0.6 is 0 Å². The van der Waals surface area contributed by atoms with Crippen molar-refractivity contribution >= 4 is 10.4 Å².